The number of aromatic nitrogens is 1. The lowest BCUT2D eigenvalue weighted by Gasteiger charge is -2.20. The van der Waals surface area contributed by atoms with Gasteiger partial charge in [0.05, 0.1) is 12.6 Å². The molecule has 0 saturated carbocycles. The van der Waals surface area contributed by atoms with E-state index in [4.69, 9.17) is 10.5 Å². The van der Waals surface area contributed by atoms with Crippen molar-refractivity contribution in [2.75, 3.05) is 25.5 Å². The Bertz CT molecular complexity index is 547. The Morgan fingerprint density at radius 3 is 2.67 bits per heavy atom. The van der Waals surface area contributed by atoms with E-state index in [0.29, 0.717) is 18.8 Å². The van der Waals surface area contributed by atoms with Gasteiger partial charge >= 0.3 is 0 Å². The van der Waals surface area contributed by atoms with E-state index in [-0.39, 0.29) is 49.3 Å². The Morgan fingerprint density at radius 2 is 2.12 bits per heavy atom. The van der Waals surface area contributed by atoms with E-state index in [1.54, 1.807) is 25.4 Å². The van der Waals surface area contributed by atoms with Crippen LogP contribution in [0.4, 0.5) is 5.82 Å². The summed E-state index contributed by atoms with van der Waals surface area (Å²) in [5, 5.41) is 2.64. The third kappa shape index (κ3) is 6.52. The van der Waals surface area contributed by atoms with Crippen LogP contribution >= 0.6 is 40.7 Å². The molecular weight excluding hydrogens is 423 g/mol. The first kappa shape index (κ1) is 23.1. The molecule has 2 heterocycles. The van der Waals surface area contributed by atoms with Gasteiger partial charge in [-0.3, -0.25) is 9.59 Å². The fourth-order valence-corrected chi connectivity index (χ4v) is 2.47. The minimum atomic E-state index is -0.503. The lowest BCUT2D eigenvalue weighted by atomic mass is 10.2. The van der Waals surface area contributed by atoms with Gasteiger partial charge in [-0.15, -0.1) is 24.8 Å². The summed E-state index contributed by atoms with van der Waals surface area (Å²) in [6.07, 6.45) is 2.43. The topological polar surface area (TPSA) is 97.6 Å². The Balaban J connectivity index is 0.00000264. The highest BCUT2D eigenvalue weighted by molar-refractivity contribution is 9.10. The third-order valence-electron chi connectivity index (χ3n) is 3.40. The van der Waals surface area contributed by atoms with Gasteiger partial charge in [-0.25, -0.2) is 4.98 Å². The number of likely N-dealkylation sites (N-methyl/N-ethyl adjacent to an activating group) is 1. The number of hydrogen-bond donors (Lipinski definition) is 2. The van der Waals surface area contributed by atoms with Crippen LogP contribution in [0.15, 0.2) is 22.8 Å². The molecule has 1 aliphatic heterocycles. The van der Waals surface area contributed by atoms with Crippen LogP contribution < -0.4 is 11.1 Å². The standard InChI is InChI=1S/C14H19BrN4O3.2ClH/c1-19(14(21)11-4-3-10(6-16)22-11)8-13(20)18-12-5-2-9(15)7-17-12;;/h2,5,7,10-11H,3-4,6,8,16H2,1H3,(H,17,18,20);2*1H/t10-,11+;;/m1../s1. The zero-order chi connectivity index (χ0) is 16.1. The van der Waals surface area contributed by atoms with Crippen LogP contribution in [0.3, 0.4) is 0 Å². The molecule has 0 unspecified atom stereocenters. The van der Waals surface area contributed by atoms with E-state index < -0.39 is 6.10 Å². The van der Waals surface area contributed by atoms with E-state index in [2.05, 4.69) is 26.2 Å². The molecule has 0 aliphatic carbocycles. The highest BCUT2D eigenvalue weighted by atomic mass is 79.9. The Labute approximate surface area is 161 Å². The quantitative estimate of drug-likeness (QED) is 0.720. The number of nitrogens with two attached hydrogens (primary N) is 1. The maximum absolute atomic E-state index is 12.2. The van der Waals surface area contributed by atoms with E-state index in [1.807, 2.05) is 0 Å². The monoisotopic (exact) mass is 442 g/mol. The van der Waals surface area contributed by atoms with Gasteiger partial charge in [0.25, 0.3) is 5.91 Å². The van der Waals surface area contributed by atoms with Gasteiger partial charge < -0.3 is 20.7 Å². The first-order valence-electron chi connectivity index (χ1n) is 7.01. The maximum Gasteiger partial charge on any atom is 0.251 e. The first-order chi connectivity index (χ1) is 10.5. The Morgan fingerprint density at radius 1 is 1.42 bits per heavy atom. The maximum atomic E-state index is 12.2. The van der Waals surface area contributed by atoms with E-state index in [0.717, 1.165) is 10.9 Å². The number of halogens is 3. The summed E-state index contributed by atoms with van der Waals surface area (Å²) >= 11 is 3.27. The molecule has 136 valence electrons. The number of nitrogens with one attached hydrogen (secondary N) is 1. The van der Waals surface area contributed by atoms with Gasteiger partial charge in [0.15, 0.2) is 0 Å². The summed E-state index contributed by atoms with van der Waals surface area (Å²) in [7, 11) is 1.58. The van der Waals surface area contributed by atoms with Crippen molar-refractivity contribution in [1.29, 1.82) is 0 Å². The van der Waals surface area contributed by atoms with Gasteiger partial charge in [0.1, 0.15) is 11.9 Å². The van der Waals surface area contributed by atoms with Gasteiger partial charge in [-0.1, -0.05) is 0 Å². The second-order valence-corrected chi connectivity index (χ2v) is 6.08. The molecule has 0 bridgehead atoms. The van der Waals surface area contributed by atoms with Crippen LogP contribution in [0.1, 0.15) is 12.8 Å². The van der Waals surface area contributed by atoms with Gasteiger partial charge in [-0.05, 0) is 40.9 Å². The van der Waals surface area contributed by atoms with Crippen molar-refractivity contribution >= 4 is 58.4 Å². The number of nitrogens with zero attached hydrogens (tertiary/aromatic N) is 2. The average Bonchev–Trinajstić information content (AvgIpc) is 2.97. The summed E-state index contributed by atoms with van der Waals surface area (Å²) in [4.78, 5) is 29.5. The lowest BCUT2D eigenvalue weighted by molar-refractivity contribution is -0.143. The smallest absolute Gasteiger partial charge is 0.251 e. The van der Waals surface area contributed by atoms with Crippen LogP contribution in [0, 0.1) is 0 Å². The molecule has 2 atom stereocenters. The van der Waals surface area contributed by atoms with Crippen molar-refractivity contribution in [1.82, 2.24) is 9.88 Å². The second-order valence-electron chi connectivity index (χ2n) is 5.16. The number of carbonyl (C=O) groups excluding carboxylic acids is 2. The molecule has 1 fully saturated rings. The van der Waals surface area contributed by atoms with Crippen LogP contribution in [0.5, 0.6) is 0 Å². The van der Waals surface area contributed by atoms with Gasteiger partial charge in [0, 0.05) is 24.3 Å². The highest BCUT2D eigenvalue weighted by Gasteiger charge is 2.32. The number of pyridine rings is 1. The van der Waals surface area contributed by atoms with Crippen LogP contribution in [0.25, 0.3) is 0 Å². The zero-order valence-electron chi connectivity index (χ0n) is 13.1. The zero-order valence-corrected chi connectivity index (χ0v) is 16.3. The molecule has 0 aromatic carbocycles. The van der Waals surface area contributed by atoms with Crippen molar-refractivity contribution in [3.05, 3.63) is 22.8 Å². The summed E-state index contributed by atoms with van der Waals surface area (Å²) in [6.45, 7) is 0.354. The minimum absolute atomic E-state index is 0. The average molecular weight is 444 g/mol. The molecule has 1 aliphatic rings. The Kier molecular flexibility index (Phi) is 10.4. The van der Waals surface area contributed by atoms with E-state index in [9.17, 15) is 9.59 Å². The second kappa shape index (κ2) is 10.8. The summed E-state index contributed by atoms with van der Waals surface area (Å²) in [5.41, 5.74) is 5.53. The molecule has 0 spiro atoms. The number of anilines is 1. The van der Waals surface area contributed by atoms with Crippen LogP contribution in [-0.4, -0.2) is 54.0 Å². The molecular formula is C14H21BrCl2N4O3. The molecule has 10 heteroatoms. The lowest BCUT2D eigenvalue weighted by Crippen LogP contribution is -2.41. The van der Waals surface area contributed by atoms with E-state index >= 15 is 0 Å². The largest absolute Gasteiger partial charge is 0.364 e. The normalized spacial score (nSPS) is 19.0. The van der Waals surface area contributed by atoms with Crippen molar-refractivity contribution in [2.45, 2.75) is 25.0 Å². The predicted molar refractivity (Wildman–Crippen MR) is 99.6 cm³/mol. The third-order valence-corrected chi connectivity index (χ3v) is 3.87. The minimum Gasteiger partial charge on any atom is -0.364 e. The number of ether oxygens (including phenoxy) is 1. The fraction of sp³-hybridized carbons (Fsp3) is 0.500. The summed E-state index contributed by atoms with van der Waals surface area (Å²) in [5.74, 6) is -0.0664. The van der Waals surface area contributed by atoms with Crippen LogP contribution in [0.2, 0.25) is 0 Å². The molecule has 1 aromatic heterocycles. The van der Waals surface area contributed by atoms with Crippen molar-refractivity contribution in [3.8, 4) is 0 Å². The van der Waals surface area contributed by atoms with Crippen molar-refractivity contribution in [3.63, 3.8) is 0 Å². The molecule has 24 heavy (non-hydrogen) atoms. The molecule has 2 amide bonds. The SMILES string of the molecule is CN(CC(=O)Nc1ccc(Br)cn1)C(=O)[C@@H]1CC[C@H](CN)O1.Cl.Cl. The van der Waals surface area contributed by atoms with Gasteiger partial charge in [-0.2, -0.15) is 0 Å². The molecule has 7 nitrogen and oxygen atoms in total. The Hall–Kier alpha value is -0.930. The number of carbonyl (C=O) groups is 2. The molecule has 1 aromatic rings. The molecule has 1 saturated heterocycles. The van der Waals surface area contributed by atoms with Crippen molar-refractivity contribution in [2.24, 2.45) is 5.73 Å². The van der Waals surface area contributed by atoms with Crippen LogP contribution in [-0.2, 0) is 14.3 Å². The predicted octanol–water partition coefficient (Wildman–Crippen LogP) is 1.59. The molecule has 0 radical (unpaired) electrons. The summed E-state index contributed by atoms with van der Waals surface area (Å²) in [6, 6.07) is 3.45. The van der Waals surface area contributed by atoms with Crippen molar-refractivity contribution < 1.29 is 14.3 Å². The first-order valence-corrected chi connectivity index (χ1v) is 7.81. The van der Waals surface area contributed by atoms with E-state index in [1.165, 1.54) is 4.90 Å². The fourth-order valence-electron chi connectivity index (χ4n) is 2.23. The van der Waals surface area contributed by atoms with Gasteiger partial charge in [0.2, 0.25) is 5.91 Å². The molecule has 2 rings (SSSR count). The summed E-state index contributed by atoms with van der Waals surface area (Å²) < 4.78 is 6.37. The number of amides is 2. The number of rotatable bonds is 5. The number of hydrogen-bond acceptors (Lipinski definition) is 5. The highest BCUT2D eigenvalue weighted by Crippen LogP contribution is 2.20. The molecule has 3 N–H and O–H groups in total.